The third kappa shape index (κ3) is 1.52. The zero-order chi connectivity index (χ0) is 9.42. The maximum absolute atomic E-state index is 9.67. The van der Waals surface area contributed by atoms with Crippen LogP contribution in [0.15, 0.2) is 12.1 Å². The molecule has 0 spiro atoms. The summed E-state index contributed by atoms with van der Waals surface area (Å²) in [7, 11) is 0. The lowest BCUT2D eigenvalue weighted by atomic mass is 10.0. The number of rotatable bonds is 0. The second-order valence-electron chi connectivity index (χ2n) is 3.29. The molecular formula is C10H11ClO2. The number of ether oxygens (including phenoxy) is 1. The molecule has 0 unspecified atom stereocenters. The molecule has 1 aromatic carbocycles. The Labute approximate surface area is 82.1 Å². The highest BCUT2D eigenvalue weighted by atomic mass is 35.5. The van der Waals surface area contributed by atoms with E-state index in [1.54, 1.807) is 6.07 Å². The molecule has 2 nitrogen and oxygen atoms in total. The van der Waals surface area contributed by atoms with Gasteiger partial charge in [0.15, 0.2) is 0 Å². The van der Waals surface area contributed by atoms with Gasteiger partial charge in [-0.25, -0.2) is 0 Å². The van der Waals surface area contributed by atoms with E-state index in [9.17, 15) is 5.11 Å². The molecule has 3 heteroatoms. The van der Waals surface area contributed by atoms with Gasteiger partial charge in [-0.05, 0) is 24.6 Å². The molecule has 0 fully saturated rings. The van der Waals surface area contributed by atoms with Crippen molar-refractivity contribution in [1.29, 1.82) is 0 Å². The number of fused-ring (bicyclic) bond motifs is 1. The van der Waals surface area contributed by atoms with Crippen LogP contribution in [0.25, 0.3) is 0 Å². The molecule has 13 heavy (non-hydrogen) atoms. The molecule has 1 aliphatic rings. The maximum atomic E-state index is 9.67. The predicted octanol–water partition coefficient (Wildman–Crippen LogP) is 2.46. The van der Waals surface area contributed by atoms with Gasteiger partial charge in [-0.15, -0.1) is 0 Å². The standard InChI is InChI=1S/C10H11ClO2/c1-6-4-7(11)5-8-9(12)2-3-13-10(6)8/h4-5,9,12H,2-3H2,1H3/t9-/m0/s1. The van der Waals surface area contributed by atoms with Crippen molar-refractivity contribution >= 4 is 11.6 Å². The average molecular weight is 199 g/mol. The van der Waals surface area contributed by atoms with E-state index in [1.807, 2.05) is 13.0 Å². The van der Waals surface area contributed by atoms with Crippen molar-refractivity contribution in [1.82, 2.24) is 0 Å². The molecule has 70 valence electrons. The van der Waals surface area contributed by atoms with E-state index in [-0.39, 0.29) is 0 Å². The molecule has 0 saturated carbocycles. The quantitative estimate of drug-likeness (QED) is 0.694. The van der Waals surface area contributed by atoms with Crippen LogP contribution in [-0.2, 0) is 0 Å². The van der Waals surface area contributed by atoms with E-state index >= 15 is 0 Å². The zero-order valence-electron chi connectivity index (χ0n) is 7.38. The van der Waals surface area contributed by atoms with Gasteiger partial charge in [0.05, 0.1) is 12.7 Å². The van der Waals surface area contributed by atoms with Gasteiger partial charge < -0.3 is 9.84 Å². The summed E-state index contributed by atoms with van der Waals surface area (Å²) >= 11 is 5.88. The minimum atomic E-state index is -0.429. The monoisotopic (exact) mass is 198 g/mol. The topological polar surface area (TPSA) is 29.5 Å². The third-order valence-electron chi connectivity index (χ3n) is 2.26. The molecule has 1 aliphatic heterocycles. The molecule has 0 radical (unpaired) electrons. The van der Waals surface area contributed by atoms with Crippen LogP contribution in [0, 0.1) is 6.92 Å². The summed E-state index contributed by atoms with van der Waals surface area (Å²) in [5, 5.41) is 10.3. The van der Waals surface area contributed by atoms with Crippen molar-refractivity contribution in [3.05, 3.63) is 28.3 Å². The fourth-order valence-electron chi connectivity index (χ4n) is 1.63. The first kappa shape index (κ1) is 8.85. The van der Waals surface area contributed by atoms with Gasteiger partial charge in [0.25, 0.3) is 0 Å². The lowest BCUT2D eigenvalue weighted by molar-refractivity contribution is 0.115. The number of hydrogen-bond acceptors (Lipinski definition) is 2. The van der Waals surface area contributed by atoms with Crippen LogP contribution in [0.5, 0.6) is 5.75 Å². The van der Waals surface area contributed by atoms with E-state index < -0.39 is 6.10 Å². The van der Waals surface area contributed by atoms with Gasteiger partial charge in [0, 0.05) is 17.0 Å². The number of benzene rings is 1. The summed E-state index contributed by atoms with van der Waals surface area (Å²) in [6.45, 7) is 2.51. The van der Waals surface area contributed by atoms with Gasteiger partial charge in [-0.2, -0.15) is 0 Å². The molecule has 2 rings (SSSR count). The summed E-state index contributed by atoms with van der Waals surface area (Å²) in [6, 6.07) is 3.62. The molecule has 1 N–H and O–H groups in total. The highest BCUT2D eigenvalue weighted by Crippen LogP contribution is 2.36. The van der Waals surface area contributed by atoms with Crippen LogP contribution >= 0.6 is 11.6 Å². The van der Waals surface area contributed by atoms with Crippen molar-refractivity contribution in [2.24, 2.45) is 0 Å². The van der Waals surface area contributed by atoms with E-state index in [1.165, 1.54) is 0 Å². The van der Waals surface area contributed by atoms with Crippen molar-refractivity contribution in [2.45, 2.75) is 19.4 Å². The Morgan fingerprint density at radius 3 is 3.08 bits per heavy atom. The average Bonchev–Trinajstić information content (AvgIpc) is 2.07. The Morgan fingerprint density at radius 2 is 2.31 bits per heavy atom. The van der Waals surface area contributed by atoms with Crippen LogP contribution in [0.2, 0.25) is 5.02 Å². The lowest BCUT2D eigenvalue weighted by Gasteiger charge is -2.23. The third-order valence-corrected chi connectivity index (χ3v) is 2.48. The smallest absolute Gasteiger partial charge is 0.128 e. The highest BCUT2D eigenvalue weighted by Gasteiger charge is 2.21. The van der Waals surface area contributed by atoms with Gasteiger partial charge >= 0.3 is 0 Å². The number of aliphatic hydroxyl groups is 1. The minimum Gasteiger partial charge on any atom is -0.493 e. The fraction of sp³-hybridized carbons (Fsp3) is 0.400. The van der Waals surface area contributed by atoms with Gasteiger partial charge in [0.1, 0.15) is 5.75 Å². The Balaban J connectivity index is 2.56. The van der Waals surface area contributed by atoms with E-state index in [0.717, 1.165) is 16.9 Å². The van der Waals surface area contributed by atoms with Crippen LogP contribution in [0.3, 0.4) is 0 Å². The summed E-state index contributed by atoms with van der Waals surface area (Å²) < 4.78 is 5.46. The molecule has 0 aliphatic carbocycles. The second-order valence-corrected chi connectivity index (χ2v) is 3.73. The SMILES string of the molecule is Cc1cc(Cl)cc2c1OCC[C@@H]2O. The molecule has 1 aromatic rings. The normalized spacial score (nSPS) is 20.7. The van der Waals surface area contributed by atoms with Gasteiger partial charge in [0.2, 0.25) is 0 Å². The molecular weight excluding hydrogens is 188 g/mol. The molecule has 0 bridgehead atoms. The molecule has 0 amide bonds. The van der Waals surface area contributed by atoms with Crippen molar-refractivity contribution in [3.63, 3.8) is 0 Å². The Hall–Kier alpha value is -0.730. The Bertz CT molecular complexity index is 336. The van der Waals surface area contributed by atoms with Crippen LogP contribution in [-0.4, -0.2) is 11.7 Å². The van der Waals surface area contributed by atoms with Crippen molar-refractivity contribution in [3.8, 4) is 5.75 Å². The van der Waals surface area contributed by atoms with Crippen LogP contribution in [0.4, 0.5) is 0 Å². The van der Waals surface area contributed by atoms with Crippen LogP contribution < -0.4 is 4.74 Å². The summed E-state index contributed by atoms with van der Waals surface area (Å²) in [6.07, 6.45) is 0.216. The summed E-state index contributed by atoms with van der Waals surface area (Å²) in [5.41, 5.74) is 1.80. The van der Waals surface area contributed by atoms with Crippen molar-refractivity contribution in [2.75, 3.05) is 6.61 Å². The maximum Gasteiger partial charge on any atom is 0.128 e. The summed E-state index contributed by atoms with van der Waals surface area (Å²) in [5.74, 6) is 0.795. The molecule has 1 heterocycles. The van der Waals surface area contributed by atoms with E-state index in [0.29, 0.717) is 18.1 Å². The second kappa shape index (κ2) is 3.20. The lowest BCUT2D eigenvalue weighted by Crippen LogP contribution is -2.14. The molecule has 0 aromatic heterocycles. The Kier molecular flexibility index (Phi) is 2.18. The first-order valence-corrected chi connectivity index (χ1v) is 4.67. The first-order chi connectivity index (χ1) is 6.18. The first-order valence-electron chi connectivity index (χ1n) is 4.29. The highest BCUT2D eigenvalue weighted by molar-refractivity contribution is 6.30. The zero-order valence-corrected chi connectivity index (χ0v) is 8.14. The van der Waals surface area contributed by atoms with E-state index in [4.69, 9.17) is 16.3 Å². The largest absolute Gasteiger partial charge is 0.493 e. The predicted molar refractivity (Wildman–Crippen MR) is 51.3 cm³/mol. The van der Waals surface area contributed by atoms with Gasteiger partial charge in [-0.1, -0.05) is 11.6 Å². The van der Waals surface area contributed by atoms with Crippen molar-refractivity contribution < 1.29 is 9.84 Å². The number of hydrogen-bond donors (Lipinski definition) is 1. The van der Waals surface area contributed by atoms with E-state index in [2.05, 4.69) is 0 Å². The number of halogens is 1. The minimum absolute atomic E-state index is 0.429. The van der Waals surface area contributed by atoms with Gasteiger partial charge in [-0.3, -0.25) is 0 Å². The van der Waals surface area contributed by atoms with Crippen LogP contribution in [0.1, 0.15) is 23.7 Å². The molecule has 1 atom stereocenters. The summed E-state index contributed by atoms with van der Waals surface area (Å²) in [4.78, 5) is 0. The fourth-order valence-corrected chi connectivity index (χ4v) is 1.91. The number of aliphatic hydroxyl groups excluding tert-OH is 1. The number of aryl methyl sites for hydroxylation is 1. The Morgan fingerprint density at radius 1 is 1.54 bits per heavy atom. The molecule has 0 saturated heterocycles.